The number of hydrogen-bond donors (Lipinski definition) is 0. The largest absolute Gasteiger partial charge is 0.0619 e. The highest BCUT2D eigenvalue weighted by molar-refractivity contribution is 5.81. The van der Waals surface area contributed by atoms with Gasteiger partial charge in [-0.2, -0.15) is 0 Å². The minimum Gasteiger partial charge on any atom is -0.0619 e. The quantitative estimate of drug-likeness (QED) is 0.490. The molecule has 0 spiro atoms. The molecule has 0 bridgehead atoms. The van der Waals surface area contributed by atoms with Crippen molar-refractivity contribution in [3.63, 3.8) is 0 Å². The molecule has 0 heterocycles. The first-order valence-corrected chi connectivity index (χ1v) is 11.4. The van der Waals surface area contributed by atoms with Gasteiger partial charge in [-0.05, 0) is 133 Å². The van der Waals surface area contributed by atoms with Crippen molar-refractivity contribution in [2.24, 2.45) is 23.7 Å². The summed E-state index contributed by atoms with van der Waals surface area (Å²) in [7, 11) is 0. The van der Waals surface area contributed by atoms with Crippen LogP contribution in [0.5, 0.6) is 0 Å². The molecule has 2 aliphatic carbocycles. The highest BCUT2D eigenvalue weighted by Crippen LogP contribution is 2.45. The zero-order valence-corrected chi connectivity index (χ0v) is 19.3. The molecule has 2 aromatic rings. The molecule has 4 atom stereocenters. The Morgan fingerprint density at radius 2 is 0.857 bits per heavy atom. The van der Waals surface area contributed by atoms with Crippen LogP contribution in [0.15, 0.2) is 12.1 Å². The van der Waals surface area contributed by atoms with Gasteiger partial charge in [-0.15, -0.1) is 0 Å². The van der Waals surface area contributed by atoms with E-state index in [9.17, 15) is 0 Å². The van der Waals surface area contributed by atoms with Gasteiger partial charge in [0.25, 0.3) is 0 Å². The van der Waals surface area contributed by atoms with E-state index in [0.29, 0.717) is 0 Å². The molecule has 0 saturated heterocycles. The minimum absolute atomic E-state index is 0.772. The van der Waals surface area contributed by atoms with Gasteiger partial charge in [-0.1, -0.05) is 39.8 Å². The summed E-state index contributed by atoms with van der Waals surface area (Å²) >= 11 is 0. The normalized spacial score (nSPS) is 26.7. The molecule has 0 heteroatoms. The lowest BCUT2D eigenvalue weighted by Crippen LogP contribution is -2.24. The van der Waals surface area contributed by atoms with Gasteiger partial charge < -0.3 is 0 Å². The van der Waals surface area contributed by atoms with Crippen molar-refractivity contribution in [1.82, 2.24) is 0 Å². The Morgan fingerprint density at radius 3 is 1.21 bits per heavy atom. The van der Waals surface area contributed by atoms with E-state index in [4.69, 9.17) is 0 Å². The lowest BCUT2D eigenvalue weighted by Gasteiger charge is -2.35. The van der Waals surface area contributed by atoms with Crippen LogP contribution < -0.4 is 0 Å². The van der Waals surface area contributed by atoms with E-state index in [1.165, 1.54) is 47.9 Å². The zero-order chi connectivity index (χ0) is 20.3. The van der Waals surface area contributed by atoms with E-state index in [-0.39, 0.29) is 0 Å². The van der Waals surface area contributed by atoms with E-state index in [2.05, 4.69) is 67.5 Å². The minimum atomic E-state index is 0.772. The molecule has 0 aromatic heterocycles. The number of hydrogen-bond acceptors (Lipinski definition) is 0. The van der Waals surface area contributed by atoms with Crippen LogP contribution in [-0.4, -0.2) is 0 Å². The highest BCUT2D eigenvalue weighted by Gasteiger charge is 2.31. The molecule has 0 amide bonds. The Morgan fingerprint density at radius 1 is 0.536 bits per heavy atom. The third-order valence-corrected chi connectivity index (χ3v) is 8.42. The smallest absolute Gasteiger partial charge is 0.0111 e. The van der Waals surface area contributed by atoms with Crippen LogP contribution in [-0.2, 0) is 25.7 Å². The van der Waals surface area contributed by atoms with Crippen molar-refractivity contribution in [1.29, 1.82) is 0 Å². The van der Waals surface area contributed by atoms with Crippen LogP contribution in [0.2, 0.25) is 0 Å². The maximum atomic E-state index is 2.50. The van der Waals surface area contributed by atoms with E-state index < -0.39 is 0 Å². The first kappa shape index (κ1) is 19.7. The topological polar surface area (TPSA) is 0 Å². The standard InChI is InChI=1S/C28H38/c1-15-9-23-11-19(5)21(7)27(25(23)13-17(15)3)28-22(8)20(6)12-24-10-16(2)18(4)14-26(24)28/h11-12,15-18H,9-10,13-14H2,1-8H3. The molecule has 28 heavy (non-hydrogen) atoms. The SMILES string of the molecule is Cc1cc2c(c(-c3c(C)c(C)cc4c3CC(C)C(C)C4)c1C)CC(C)C(C)C2. The summed E-state index contributed by atoms with van der Waals surface area (Å²) in [5.74, 6) is 3.12. The fourth-order valence-corrected chi connectivity index (χ4v) is 5.73. The predicted octanol–water partition coefficient (Wildman–Crippen LogP) is 7.33. The maximum absolute atomic E-state index is 2.50. The molecule has 4 unspecified atom stereocenters. The summed E-state index contributed by atoms with van der Waals surface area (Å²) in [6, 6.07) is 5.00. The molecular formula is C28H38. The Hall–Kier alpha value is -1.56. The van der Waals surface area contributed by atoms with Crippen LogP contribution >= 0.6 is 0 Å². The number of rotatable bonds is 1. The summed E-state index contributed by atoms with van der Waals surface area (Å²) in [6.45, 7) is 19.2. The van der Waals surface area contributed by atoms with E-state index >= 15 is 0 Å². The van der Waals surface area contributed by atoms with Crippen molar-refractivity contribution >= 4 is 0 Å². The monoisotopic (exact) mass is 374 g/mol. The Kier molecular flexibility index (Phi) is 4.97. The lowest BCUT2D eigenvalue weighted by atomic mass is 9.69. The summed E-state index contributed by atoms with van der Waals surface area (Å²) in [5.41, 5.74) is 15.8. The van der Waals surface area contributed by atoms with Crippen molar-refractivity contribution in [2.45, 2.75) is 81.1 Å². The molecule has 0 N–H and O–H groups in total. The fourth-order valence-electron chi connectivity index (χ4n) is 5.73. The molecular weight excluding hydrogens is 336 g/mol. The molecule has 0 radical (unpaired) electrons. The van der Waals surface area contributed by atoms with Crippen LogP contribution in [0.3, 0.4) is 0 Å². The second-order valence-electron chi connectivity index (χ2n) is 10.4. The Labute approximate surface area is 172 Å². The van der Waals surface area contributed by atoms with Gasteiger partial charge in [0.2, 0.25) is 0 Å². The molecule has 150 valence electrons. The second-order valence-corrected chi connectivity index (χ2v) is 10.4. The molecule has 2 aliphatic rings. The number of aryl methyl sites for hydroxylation is 2. The van der Waals surface area contributed by atoms with Gasteiger partial charge in [0, 0.05) is 0 Å². The number of fused-ring (bicyclic) bond motifs is 2. The molecule has 0 fully saturated rings. The second kappa shape index (κ2) is 7.05. The van der Waals surface area contributed by atoms with Crippen LogP contribution in [0.4, 0.5) is 0 Å². The van der Waals surface area contributed by atoms with Gasteiger partial charge in [-0.3, -0.25) is 0 Å². The molecule has 0 nitrogen and oxygen atoms in total. The van der Waals surface area contributed by atoms with E-state index in [0.717, 1.165) is 23.7 Å². The van der Waals surface area contributed by atoms with Crippen LogP contribution in [0.1, 0.15) is 72.2 Å². The lowest BCUT2D eigenvalue weighted by molar-refractivity contribution is 0.359. The van der Waals surface area contributed by atoms with E-state index in [1.807, 2.05) is 0 Å². The average molecular weight is 375 g/mol. The van der Waals surface area contributed by atoms with Crippen LogP contribution in [0, 0.1) is 51.4 Å². The first-order valence-electron chi connectivity index (χ1n) is 11.4. The Bertz CT molecular complexity index is 853. The van der Waals surface area contributed by atoms with Gasteiger partial charge in [0.15, 0.2) is 0 Å². The Balaban J connectivity index is 2.03. The van der Waals surface area contributed by atoms with Gasteiger partial charge >= 0.3 is 0 Å². The van der Waals surface area contributed by atoms with Gasteiger partial charge in [-0.25, -0.2) is 0 Å². The highest BCUT2D eigenvalue weighted by atomic mass is 14.4. The van der Waals surface area contributed by atoms with E-state index in [1.54, 1.807) is 33.4 Å². The third-order valence-electron chi connectivity index (χ3n) is 8.42. The fraction of sp³-hybridized carbons (Fsp3) is 0.571. The zero-order valence-electron chi connectivity index (χ0n) is 19.3. The molecule has 4 rings (SSSR count). The van der Waals surface area contributed by atoms with Crippen molar-refractivity contribution in [2.75, 3.05) is 0 Å². The first-order chi connectivity index (χ1) is 13.2. The molecule has 2 aromatic carbocycles. The van der Waals surface area contributed by atoms with Gasteiger partial charge in [0.1, 0.15) is 0 Å². The van der Waals surface area contributed by atoms with Crippen molar-refractivity contribution in [3.8, 4) is 11.1 Å². The van der Waals surface area contributed by atoms with Gasteiger partial charge in [0.05, 0.1) is 0 Å². The van der Waals surface area contributed by atoms with Crippen molar-refractivity contribution < 1.29 is 0 Å². The third kappa shape index (κ3) is 3.04. The predicted molar refractivity (Wildman–Crippen MR) is 122 cm³/mol. The summed E-state index contributed by atoms with van der Waals surface area (Å²) in [4.78, 5) is 0. The average Bonchev–Trinajstić information content (AvgIpc) is 2.63. The summed E-state index contributed by atoms with van der Waals surface area (Å²) in [6.07, 6.45) is 4.96. The summed E-state index contributed by atoms with van der Waals surface area (Å²) in [5, 5.41) is 0. The maximum Gasteiger partial charge on any atom is -0.0111 e. The number of benzene rings is 2. The van der Waals surface area contributed by atoms with Crippen molar-refractivity contribution in [3.05, 3.63) is 56.6 Å². The molecule has 0 saturated carbocycles. The summed E-state index contributed by atoms with van der Waals surface area (Å²) < 4.78 is 0. The van der Waals surface area contributed by atoms with Crippen LogP contribution in [0.25, 0.3) is 11.1 Å². The molecule has 0 aliphatic heterocycles.